The molecule has 2 nitrogen and oxygen atoms in total. The van der Waals surface area contributed by atoms with E-state index in [0.717, 1.165) is 25.9 Å². The Balaban J connectivity index is 1.75. The molecule has 0 amide bonds. The molecule has 2 aliphatic rings. The molecule has 1 heterocycles. The lowest BCUT2D eigenvalue weighted by Crippen LogP contribution is -2.47. The van der Waals surface area contributed by atoms with Crippen molar-refractivity contribution in [2.24, 2.45) is 0 Å². The van der Waals surface area contributed by atoms with Crippen LogP contribution in [0.4, 0.5) is 0 Å². The molecule has 1 fully saturated rings. The highest BCUT2D eigenvalue weighted by Crippen LogP contribution is 2.28. The van der Waals surface area contributed by atoms with Gasteiger partial charge in [0.1, 0.15) is 0 Å². The molecular weight excluding hydrogens is 210 g/mol. The number of rotatable bonds is 1. The fraction of sp³-hybridized carbons (Fsp3) is 0.600. The largest absolute Gasteiger partial charge is 0.391 e. The molecule has 1 aromatic rings. The Hall–Kier alpha value is -0.860. The minimum Gasteiger partial charge on any atom is -0.391 e. The molecule has 92 valence electrons. The molecular formula is C15H21NO. The van der Waals surface area contributed by atoms with Crippen molar-refractivity contribution < 1.29 is 5.11 Å². The highest BCUT2D eigenvalue weighted by Gasteiger charge is 2.30. The van der Waals surface area contributed by atoms with E-state index in [-0.39, 0.29) is 6.10 Å². The first kappa shape index (κ1) is 11.2. The standard InChI is InChI=1S/C15H21NO/c17-15-8-4-3-7-14(15)16-10-9-12-5-1-2-6-13(12)11-16/h1-2,5-6,14-15,17H,3-4,7-11H2. The van der Waals surface area contributed by atoms with Crippen molar-refractivity contribution in [2.45, 2.75) is 50.8 Å². The lowest BCUT2D eigenvalue weighted by atomic mass is 9.89. The Morgan fingerprint density at radius 1 is 1.06 bits per heavy atom. The maximum absolute atomic E-state index is 10.1. The maximum atomic E-state index is 10.1. The molecule has 1 aliphatic heterocycles. The summed E-state index contributed by atoms with van der Waals surface area (Å²) in [7, 11) is 0. The third-order valence-corrected chi connectivity index (χ3v) is 4.32. The number of aliphatic hydroxyl groups is 1. The molecule has 0 aromatic heterocycles. The summed E-state index contributed by atoms with van der Waals surface area (Å²) < 4.78 is 0. The second kappa shape index (κ2) is 4.79. The van der Waals surface area contributed by atoms with Crippen molar-refractivity contribution >= 4 is 0 Å². The molecule has 1 saturated carbocycles. The van der Waals surface area contributed by atoms with Crippen LogP contribution >= 0.6 is 0 Å². The number of fused-ring (bicyclic) bond motifs is 1. The first-order valence-corrected chi connectivity index (χ1v) is 6.83. The van der Waals surface area contributed by atoms with Gasteiger partial charge in [-0.1, -0.05) is 37.1 Å². The first-order chi connectivity index (χ1) is 8.34. The van der Waals surface area contributed by atoms with E-state index < -0.39 is 0 Å². The topological polar surface area (TPSA) is 23.5 Å². The fourth-order valence-corrected chi connectivity index (χ4v) is 3.32. The highest BCUT2D eigenvalue weighted by molar-refractivity contribution is 5.29. The second-order valence-electron chi connectivity index (χ2n) is 5.41. The molecule has 0 bridgehead atoms. The van der Waals surface area contributed by atoms with E-state index in [1.807, 2.05) is 0 Å². The predicted molar refractivity (Wildman–Crippen MR) is 68.8 cm³/mol. The molecule has 2 unspecified atom stereocenters. The zero-order chi connectivity index (χ0) is 11.7. The molecule has 2 heteroatoms. The van der Waals surface area contributed by atoms with Gasteiger partial charge in [-0.15, -0.1) is 0 Å². The third-order valence-electron chi connectivity index (χ3n) is 4.32. The van der Waals surface area contributed by atoms with E-state index >= 15 is 0 Å². The minimum absolute atomic E-state index is 0.103. The smallest absolute Gasteiger partial charge is 0.0695 e. The Bertz CT molecular complexity index is 390. The van der Waals surface area contributed by atoms with Crippen molar-refractivity contribution in [2.75, 3.05) is 6.54 Å². The molecule has 2 atom stereocenters. The van der Waals surface area contributed by atoms with Crippen LogP contribution in [-0.2, 0) is 13.0 Å². The minimum atomic E-state index is -0.103. The van der Waals surface area contributed by atoms with Gasteiger partial charge in [-0.2, -0.15) is 0 Å². The summed E-state index contributed by atoms with van der Waals surface area (Å²) in [6.07, 6.45) is 5.67. The summed E-state index contributed by atoms with van der Waals surface area (Å²) in [5, 5.41) is 10.1. The quantitative estimate of drug-likeness (QED) is 0.802. The van der Waals surface area contributed by atoms with Crippen LogP contribution in [-0.4, -0.2) is 28.7 Å². The summed E-state index contributed by atoms with van der Waals surface area (Å²) in [6.45, 7) is 2.14. The average molecular weight is 231 g/mol. The van der Waals surface area contributed by atoms with Crippen LogP contribution in [0.1, 0.15) is 36.8 Å². The van der Waals surface area contributed by atoms with Gasteiger partial charge in [0.05, 0.1) is 6.10 Å². The van der Waals surface area contributed by atoms with Crippen molar-refractivity contribution in [1.29, 1.82) is 0 Å². The molecule has 0 spiro atoms. The molecule has 1 aliphatic carbocycles. The van der Waals surface area contributed by atoms with Gasteiger partial charge in [0, 0.05) is 19.1 Å². The Morgan fingerprint density at radius 2 is 1.82 bits per heavy atom. The number of hydrogen-bond donors (Lipinski definition) is 1. The average Bonchev–Trinajstić information content (AvgIpc) is 2.39. The summed E-state index contributed by atoms with van der Waals surface area (Å²) in [6, 6.07) is 9.13. The molecule has 1 aromatic carbocycles. The molecule has 0 radical (unpaired) electrons. The van der Waals surface area contributed by atoms with Crippen molar-refractivity contribution in [3.05, 3.63) is 35.4 Å². The number of benzene rings is 1. The van der Waals surface area contributed by atoms with Crippen molar-refractivity contribution in [3.8, 4) is 0 Å². The lowest BCUT2D eigenvalue weighted by molar-refractivity contribution is 0.0132. The van der Waals surface area contributed by atoms with Gasteiger partial charge < -0.3 is 5.11 Å². The van der Waals surface area contributed by atoms with Crippen molar-refractivity contribution in [3.63, 3.8) is 0 Å². The molecule has 17 heavy (non-hydrogen) atoms. The van der Waals surface area contributed by atoms with E-state index in [0.29, 0.717) is 6.04 Å². The number of aliphatic hydroxyl groups excluding tert-OH is 1. The monoisotopic (exact) mass is 231 g/mol. The zero-order valence-electron chi connectivity index (χ0n) is 10.3. The van der Waals surface area contributed by atoms with Crippen LogP contribution in [0.5, 0.6) is 0 Å². The van der Waals surface area contributed by atoms with Gasteiger partial charge in [-0.3, -0.25) is 4.90 Å². The lowest BCUT2D eigenvalue weighted by Gasteiger charge is -2.40. The van der Waals surface area contributed by atoms with E-state index in [9.17, 15) is 5.11 Å². The predicted octanol–water partition coefficient (Wildman–Crippen LogP) is 2.35. The first-order valence-electron chi connectivity index (χ1n) is 6.83. The van der Waals surface area contributed by atoms with Crippen molar-refractivity contribution in [1.82, 2.24) is 4.90 Å². The maximum Gasteiger partial charge on any atom is 0.0695 e. The van der Waals surface area contributed by atoms with Gasteiger partial charge in [-0.05, 0) is 30.4 Å². The Labute approximate surface area is 103 Å². The summed E-state index contributed by atoms with van der Waals surface area (Å²) in [5.74, 6) is 0. The number of nitrogens with zero attached hydrogens (tertiary/aromatic N) is 1. The van der Waals surface area contributed by atoms with E-state index in [2.05, 4.69) is 29.2 Å². The molecule has 0 saturated heterocycles. The van der Waals surface area contributed by atoms with Crippen LogP contribution in [0.25, 0.3) is 0 Å². The summed E-state index contributed by atoms with van der Waals surface area (Å²) in [4.78, 5) is 2.49. The van der Waals surface area contributed by atoms with Crippen LogP contribution < -0.4 is 0 Å². The summed E-state index contributed by atoms with van der Waals surface area (Å²) in [5.41, 5.74) is 2.95. The van der Waals surface area contributed by atoms with E-state index in [1.54, 1.807) is 0 Å². The van der Waals surface area contributed by atoms with Crippen LogP contribution in [0, 0.1) is 0 Å². The van der Waals surface area contributed by atoms with Crippen LogP contribution in [0.15, 0.2) is 24.3 Å². The highest BCUT2D eigenvalue weighted by atomic mass is 16.3. The second-order valence-corrected chi connectivity index (χ2v) is 5.41. The summed E-state index contributed by atoms with van der Waals surface area (Å²) >= 11 is 0. The van der Waals surface area contributed by atoms with Gasteiger partial charge in [0.15, 0.2) is 0 Å². The number of hydrogen-bond acceptors (Lipinski definition) is 2. The van der Waals surface area contributed by atoms with E-state index in [1.165, 1.54) is 30.4 Å². The van der Waals surface area contributed by atoms with Crippen LogP contribution in [0.2, 0.25) is 0 Å². The Kier molecular flexibility index (Phi) is 3.17. The zero-order valence-corrected chi connectivity index (χ0v) is 10.3. The molecule has 3 rings (SSSR count). The van der Waals surface area contributed by atoms with Gasteiger partial charge in [0.2, 0.25) is 0 Å². The fourth-order valence-electron chi connectivity index (χ4n) is 3.32. The van der Waals surface area contributed by atoms with Gasteiger partial charge in [0.25, 0.3) is 0 Å². The third kappa shape index (κ3) is 2.24. The molecule has 1 N–H and O–H groups in total. The Morgan fingerprint density at radius 3 is 2.65 bits per heavy atom. The van der Waals surface area contributed by atoms with E-state index in [4.69, 9.17) is 0 Å². The normalized spacial score (nSPS) is 29.9. The van der Waals surface area contributed by atoms with Gasteiger partial charge in [-0.25, -0.2) is 0 Å². The van der Waals surface area contributed by atoms with Crippen LogP contribution in [0.3, 0.4) is 0 Å². The SMILES string of the molecule is OC1CCCCC1N1CCc2ccccc2C1. The van der Waals surface area contributed by atoms with Gasteiger partial charge >= 0.3 is 0 Å².